The number of methoxy groups -OCH3 is 4. The van der Waals surface area contributed by atoms with Crippen molar-refractivity contribution in [3.05, 3.63) is 29.8 Å². The maximum absolute atomic E-state index is 13.4. The Bertz CT molecular complexity index is 1020. The molecule has 192 valence electrons. The zero-order chi connectivity index (χ0) is 24.9. The molecule has 0 radical (unpaired) electrons. The number of amides is 1. The van der Waals surface area contributed by atoms with Crippen molar-refractivity contribution in [3.63, 3.8) is 0 Å². The molecule has 6 unspecified atom stereocenters. The SMILES string of the molecule is CCC1NC(=O)C(Cc2cc3cc(OC)ccc3nc2NCCOC)C2CC(OC)C(OC)CC12. The van der Waals surface area contributed by atoms with Crippen LogP contribution < -0.4 is 15.4 Å². The van der Waals surface area contributed by atoms with Gasteiger partial charge in [-0.05, 0) is 67.3 Å². The highest BCUT2D eigenvalue weighted by Crippen LogP contribution is 2.44. The summed E-state index contributed by atoms with van der Waals surface area (Å²) < 4.78 is 22.2. The molecule has 1 amide bonds. The molecule has 2 heterocycles. The molecule has 0 bridgehead atoms. The number of piperidine rings is 1. The molecule has 1 aliphatic heterocycles. The standard InChI is InChI=1S/C27H39N3O5/c1-6-22-20-15-25(35-5)24(34-4)14-19(20)21(27(31)30-22)13-17-11-16-12-18(33-3)7-8-23(16)29-26(17)28-9-10-32-2/h7-8,11-12,19-22,24-25H,6,9-10,13-15H2,1-5H3,(H,28,29)(H,30,31). The first-order chi connectivity index (χ1) is 17.0. The van der Waals surface area contributed by atoms with E-state index >= 15 is 0 Å². The number of carbonyl (C=O) groups excluding carboxylic acids is 1. The van der Waals surface area contributed by atoms with Crippen LogP contribution in [-0.2, 0) is 25.4 Å². The number of anilines is 1. The minimum absolute atomic E-state index is 0.00885. The summed E-state index contributed by atoms with van der Waals surface area (Å²) in [5.74, 6) is 2.13. The van der Waals surface area contributed by atoms with Gasteiger partial charge < -0.3 is 29.6 Å². The highest BCUT2D eigenvalue weighted by atomic mass is 16.5. The molecule has 2 aromatic rings. The van der Waals surface area contributed by atoms with Crippen molar-refractivity contribution in [2.24, 2.45) is 17.8 Å². The van der Waals surface area contributed by atoms with Gasteiger partial charge in [0.1, 0.15) is 11.6 Å². The van der Waals surface area contributed by atoms with E-state index in [2.05, 4.69) is 23.6 Å². The third kappa shape index (κ3) is 5.39. The van der Waals surface area contributed by atoms with Gasteiger partial charge in [0.05, 0.1) is 31.4 Å². The van der Waals surface area contributed by atoms with Gasteiger partial charge in [0.25, 0.3) is 0 Å². The van der Waals surface area contributed by atoms with E-state index in [4.69, 9.17) is 23.9 Å². The molecule has 4 rings (SSSR count). The van der Waals surface area contributed by atoms with Crippen LogP contribution in [0.15, 0.2) is 24.3 Å². The second kappa shape index (κ2) is 11.5. The number of rotatable bonds is 10. The fourth-order valence-electron chi connectivity index (χ4n) is 5.99. The molecular weight excluding hydrogens is 446 g/mol. The smallest absolute Gasteiger partial charge is 0.223 e. The van der Waals surface area contributed by atoms with Crippen molar-refractivity contribution in [1.82, 2.24) is 10.3 Å². The van der Waals surface area contributed by atoms with Gasteiger partial charge >= 0.3 is 0 Å². The van der Waals surface area contributed by atoms with E-state index < -0.39 is 0 Å². The van der Waals surface area contributed by atoms with Crippen molar-refractivity contribution in [3.8, 4) is 5.75 Å². The van der Waals surface area contributed by atoms with Gasteiger partial charge in [-0.15, -0.1) is 0 Å². The molecule has 1 saturated carbocycles. The summed E-state index contributed by atoms with van der Waals surface area (Å²) in [5, 5.41) is 7.74. The van der Waals surface area contributed by atoms with E-state index in [0.717, 1.165) is 47.3 Å². The second-order valence-electron chi connectivity index (χ2n) is 9.66. The molecule has 1 aromatic heterocycles. The number of aromatic nitrogens is 1. The van der Waals surface area contributed by atoms with E-state index in [1.54, 1.807) is 28.4 Å². The topological polar surface area (TPSA) is 90.9 Å². The summed E-state index contributed by atoms with van der Waals surface area (Å²) in [7, 11) is 6.84. The average Bonchev–Trinajstić information content (AvgIpc) is 2.89. The predicted molar refractivity (Wildman–Crippen MR) is 136 cm³/mol. The van der Waals surface area contributed by atoms with Crippen LogP contribution >= 0.6 is 0 Å². The minimum atomic E-state index is -0.161. The third-order valence-electron chi connectivity index (χ3n) is 7.86. The van der Waals surface area contributed by atoms with Gasteiger partial charge in [-0.1, -0.05) is 6.92 Å². The quantitative estimate of drug-likeness (QED) is 0.498. The van der Waals surface area contributed by atoms with Crippen LogP contribution in [0.5, 0.6) is 5.75 Å². The maximum atomic E-state index is 13.4. The Morgan fingerprint density at radius 2 is 1.80 bits per heavy atom. The lowest BCUT2D eigenvalue weighted by molar-refractivity contribution is -0.144. The van der Waals surface area contributed by atoms with Gasteiger partial charge in [-0.25, -0.2) is 4.98 Å². The molecule has 0 spiro atoms. The number of fused-ring (bicyclic) bond motifs is 2. The normalized spacial score (nSPS) is 28.4. The van der Waals surface area contributed by atoms with Crippen LogP contribution in [0.1, 0.15) is 31.7 Å². The van der Waals surface area contributed by atoms with Crippen molar-refractivity contribution in [2.75, 3.05) is 46.9 Å². The van der Waals surface area contributed by atoms with Crippen LogP contribution in [0, 0.1) is 17.8 Å². The highest BCUT2D eigenvalue weighted by molar-refractivity contribution is 5.84. The lowest BCUT2D eigenvalue weighted by Crippen LogP contribution is -2.59. The van der Waals surface area contributed by atoms with Crippen LogP contribution in [-0.4, -0.2) is 70.7 Å². The molecule has 1 aromatic carbocycles. The molecule has 1 aliphatic carbocycles. The first kappa shape index (κ1) is 25.7. The van der Waals surface area contributed by atoms with Crippen LogP contribution in [0.3, 0.4) is 0 Å². The summed E-state index contributed by atoms with van der Waals surface area (Å²) in [6.45, 7) is 3.35. The number of hydrogen-bond acceptors (Lipinski definition) is 7. The molecular formula is C27H39N3O5. The molecule has 1 saturated heterocycles. The Morgan fingerprint density at radius 1 is 1.06 bits per heavy atom. The largest absolute Gasteiger partial charge is 0.497 e. The van der Waals surface area contributed by atoms with Gasteiger partial charge in [0, 0.05) is 45.2 Å². The van der Waals surface area contributed by atoms with Crippen molar-refractivity contribution < 1.29 is 23.7 Å². The number of hydrogen-bond donors (Lipinski definition) is 2. The Balaban J connectivity index is 1.69. The molecule has 35 heavy (non-hydrogen) atoms. The number of benzene rings is 1. The Morgan fingerprint density at radius 3 is 2.46 bits per heavy atom. The lowest BCUT2D eigenvalue weighted by Gasteiger charge is -2.49. The summed E-state index contributed by atoms with van der Waals surface area (Å²) in [5.41, 5.74) is 1.91. The van der Waals surface area contributed by atoms with Gasteiger partial charge in [0.15, 0.2) is 0 Å². The maximum Gasteiger partial charge on any atom is 0.223 e. The molecule has 6 atom stereocenters. The van der Waals surface area contributed by atoms with E-state index in [0.29, 0.717) is 25.5 Å². The summed E-state index contributed by atoms with van der Waals surface area (Å²) in [4.78, 5) is 18.3. The van der Waals surface area contributed by atoms with E-state index in [1.165, 1.54) is 0 Å². The van der Waals surface area contributed by atoms with E-state index in [-0.39, 0.29) is 36.0 Å². The predicted octanol–water partition coefficient (Wildman–Crippen LogP) is 3.43. The Labute approximate surface area is 208 Å². The average molecular weight is 486 g/mol. The van der Waals surface area contributed by atoms with E-state index in [9.17, 15) is 4.79 Å². The van der Waals surface area contributed by atoms with Gasteiger partial charge in [0.2, 0.25) is 5.91 Å². The molecule has 8 heteroatoms. The first-order valence-corrected chi connectivity index (χ1v) is 12.6. The fourth-order valence-corrected chi connectivity index (χ4v) is 5.99. The second-order valence-corrected chi connectivity index (χ2v) is 9.66. The summed E-state index contributed by atoms with van der Waals surface area (Å²) in [6, 6.07) is 8.17. The number of carbonyl (C=O) groups is 1. The summed E-state index contributed by atoms with van der Waals surface area (Å²) >= 11 is 0. The Hall–Kier alpha value is -2.42. The van der Waals surface area contributed by atoms with Gasteiger partial charge in [-0.2, -0.15) is 0 Å². The van der Waals surface area contributed by atoms with Crippen molar-refractivity contribution in [2.45, 2.75) is 50.9 Å². The van der Waals surface area contributed by atoms with Crippen molar-refractivity contribution >= 4 is 22.6 Å². The first-order valence-electron chi connectivity index (χ1n) is 12.6. The highest BCUT2D eigenvalue weighted by Gasteiger charge is 2.49. The monoisotopic (exact) mass is 485 g/mol. The van der Waals surface area contributed by atoms with Crippen LogP contribution in [0.25, 0.3) is 10.9 Å². The lowest BCUT2D eigenvalue weighted by atomic mass is 9.63. The Kier molecular flexibility index (Phi) is 8.46. The number of ether oxygens (including phenoxy) is 4. The number of nitrogens with one attached hydrogen (secondary N) is 2. The zero-order valence-corrected chi connectivity index (χ0v) is 21.5. The fraction of sp³-hybridized carbons (Fsp3) is 0.630. The zero-order valence-electron chi connectivity index (χ0n) is 21.5. The molecule has 8 nitrogen and oxygen atoms in total. The van der Waals surface area contributed by atoms with Gasteiger partial charge in [-0.3, -0.25) is 4.79 Å². The molecule has 2 fully saturated rings. The van der Waals surface area contributed by atoms with E-state index in [1.807, 2.05) is 18.2 Å². The minimum Gasteiger partial charge on any atom is -0.497 e. The van der Waals surface area contributed by atoms with Crippen LogP contribution in [0.2, 0.25) is 0 Å². The molecule has 2 aliphatic rings. The number of pyridine rings is 1. The third-order valence-corrected chi connectivity index (χ3v) is 7.86. The number of nitrogens with zero attached hydrogens (tertiary/aromatic N) is 1. The van der Waals surface area contributed by atoms with Crippen LogP contribution in [0.4, 0.5) is 5.82 Å². The summed E-state index contributed by atoms with van der Waals surface area (Å²) in [6.07, 6.45) is 3.26. The van der Waals surface area contributed by atoms with Crippen molar-refractivity contribution in [1.29, 1.82) is 0 Å². The molecule has 2 N–H and O–H groups in total.